The Morgan fingerprint density at radius 1 is 0.912 bits per heavy atom. The molecular weight excluding hydrogens is 423 g/mol. The second-order valence-corrected chi connectivity index (χ2v) is 9.87. The zero-order valence-electron chi connectivity index (χ0n) is 20.0. The first-order valence-electron chi connectivity index (χ1n) is 11.3. The van der Waals surface area contributed by atoms with Gasteiger partial charge in [-0.1, -0.05) is 63.2 Å². The third kappa shape index (κ3) is 3.45. The van der Waals surface area contributed by atoms with E-state index < -0.39 is 0 Å². The maximum atomic E-state index is 15.2. The van der Waals surface area contributed by atoms with Crippen molar-refractivity contribution in [3.63, 3.8) is 0 Å². The molecule has 2 heterocycles. The summed E-state index contributed by atoms with van der Waals surface area (Å²) in [4.78, 5) is 3.77. The van der Waals surface area contributed by atoms with E-state index in [9.17, 15) is 0 Å². The zero-order chi connectivity index (χ0) is 24.2. The molecule has 4 heteroatoms. The fourth-order valence-electron chi connectivity index (χ4n) is 4.65. The minimum atomic E-state index is -0.306. The first kappa shape index (κ1) is 21.9. The fourth-order valence-corrected chi connectivity index (χ4v) is 4.65. The lowest BCUT2D eigenvalue weighted by Gasteiger charge is -2.18. The molecule has 5 rings (SSSR count). The van der Waals surface area contributed by atoms with Crippen LogP contribution in [0.25, 0.3) is 49.2 Å². The molecule has 0 saturated heterocycles. The van der Waals surface area contributed by atoms with Gasteiger partial charge in [0.25, 0.3) is 0 Å². The van der Waals surface area contributed by atoms with Crippen molar-refractivity contribution in [1.82, 2.24) is 0 Å². The topological polar surface area (TPSA) is 21.4 Å². The van der Waals surface area contributed by atoms with Gasteiger partial charge in [-0.25, -0.2) is 13.8 Å². The highest BCUT2D eigenvalue weighted by Gasteiger charge is 2.27. The Bertz CT molecular complexity index is 1620. The Hall–Kier alpha value is -3.97. The molecule has 168 valence electrons. The third-order valence-electron chi connectivity index (χ3n) is 6.44. The van der Waals surface area contributed by atoms with Gasteiger partial charge in [0.05, 0.1) is 17.7 Å². The van der Waals surface area contributed by atoms with Gasteiger partial charge >= 0.3 is 0 Å². The minimum Gasteiger partial charge on any atom is -0.466 e. The van der Waals surface area contributed by atoms with E-state index in [-0.39, 0.29) is 11.2 Å². The van der Waals surface area contributed by atoms with E-state index in [2.05, 4.69) is 10.9 Å². The van der Waals surface area contributed by atoms with E-state index in [0.717, 1.165) is 38.7 Å². The molecule has 0 amide bonds. The molecule has 0 fully saturated rings. The monoisotopic (exact) mass is 449 g/mol. The number of aromatic nitrogens is 1. The summed E-state index contributed by atoms with van der Waals surface area (Å²) in [7, 11) is 1.93. The maximum absolute atomic E-state index is 15.2. The molecule has 0 aliphatic carbocycles. The van der Waals surface area contributed by atoms with Crippen molar-refractivity contribution in [3.8, 4) is 22.4 Å². The fraction of sp³-hybridized carbons (Fsp3) is 0.200. The normalized spacial score (nSPS) is 11.8. The van der Waals surface area contributed by atoms with Crippen molar-refractivity contribution in [2.24, 2.45) is 7.05 Å². The van der Waals surface area contributed by atoms with Crippen LogP contribution in [0.15, 0.2) is 71.3 Å². The summed E-state index contributed by atoms with van der Waals surface area (Å²) in [6.45, 7) is 15.8. The summed E-state index contributed by atoms with van der Waals surface area (Å²) in [5, 5.41) is 1.80. The summed E-state index contributed by atoms with van der Waals surface area (Å²) >= 11 is 0. The maximum Gasteiger partial charge on any atom is 0.230 e. The van der Waals surface area contributed by atoms with E-state index >= 15 is 4.39 Å². The molecule has 0 radical (unpaired) electrons. The van der Waals surface area contributed by atoms with Crippen LogP contribution in [0.1, 0.15) is 31.9 Å². The molecular formula is C30H26FN2O+. The average Bonchev–Trinajstić information content (AvgIpc) is 3.18. The number of nitrogens with zero attached hydrogens (tertiary/aromatic N) is 2. The second kappa shape index (κ2) is 7.81. The molecule has 0 atom stereocenters. The van der Waals surface area contributed by atoms with E-state index in [1.54, 1.807) is 6.07 Å². The molecule has 3 nitrogen and oxygen atoms in total. The van der Waals surface area contributed by atoms with Gasteiger partial charge in [0, 0.05) is 16.8 Å². The van der Waals surface area contributed by atoms with Gasteiger partial charge in [-0.2, -0.15) is 0 Å². The number of benzene rings is 3. The lowest BCUT2D eigenvalue weighted by Crippen LogP contribution is -2.34. The van der Waals surface area contributed by atoms with Gasteiger partial charge in [-0.15, -0.1) is 0 Å². The Labute approximate surface area is 198 Å². The quantitative estimate of drug-likeness (QED) is 0.197. The molecule has 5 aromatic rings. The standard InChI is InChI=1S/C30H26FN2O/c1-18-12-13-21-22-14-20(19-10-8-7-9-11-19)15-25(32-5)28(22)34-29(21)27(18)26-16-24(31)23(17-33(26)6)30(2,3)4/h7-17H,1-4,6H3/q+1. The van der Waals surface area contributed by atoms with Gasteiger partial charge in [0.2, 0.25) is 11.4 Å². The largest absolute Gasteiger partial charge is 0.466 e. The Balaban J connectivity index is 1.83. The van der Waals surface area contributed by atoms with Gasteiger partial charge in [-0.3, -0.25) is 0 Å². The number of hydrogen-bond acceptors (Lipinski definition) is 1. The van der Waals surface area contributed by atoms with Crippen LogP contribution in [0.2, 0.25) is 0 Å². The first-order chi connectivity index (χ1) is 16.2. The second-order valence-electron chi connectivity index (χ2n) is 9.87. The first-order valence-corrected chi connectivity index (χ1v) is 11.3. The van der Waals surface area contributed by atoms with Crippen LogP contribution in [0.3, 0.4) is 0 Å². The minimum absolute atomic E-state index is 0.235. The van der Waals surface area contributed by atoms with Crippen LogP contribution in [-0.4, -0.2) is 0 Å². The molecule has 0 N–H and O–H groups in total. The summed E-state index contributed by atoms with van der Waals surface area (Å²) < 4.78 is 23.6. The highest BCUT2D eigenvalue weighted by Crippen LogP contribution is 2.42. The molecule has 3 aromatic carbocycles. The van der Waals surface area contributed by atoms with E-state index in [4.69, 9.17) is 11.0 Å². The lowest BCUT2D eigenvalue weighted by atomic mass is 9.87. The molecule has 0 saturated carbocycles. The third-order valence-corrected chi connectivity index (χ3v) is 6.44. The van der Waals surface area contributed by atoms with Gasteiger partial charge in [0.15, 0.2) is 6.20 Å². The molecule has 0 spiro atoms. The molecule has 0 aliphatic heterocycles. The smallest absolute Gasteiger partial charge is 0.230 e. The number of rotatable bonds is 2. The van der Waals surface area contributed by atoms with Gasteiger partial charge < -0.3 is 4.42 Å². The van der Waals surface area contributed by atoms with Crippen molar-refractivity contribution in [1.29, 1.82) is 0 Å². The van der Waals surface area contributed by atoms with Crippen molar-refractivity contribution in [2.45, 2.75) is 33.1 Å². The lowest BCUT2D eigenvalue weighted by molar-refractivity contribution is -0.661. The predicted molar refractivity (Wildman–Crippen MR) is 135 cm³/mol. The summed E-state index contributed by atoms with van der Waals surface area (Å²) in [5.41, 5.74) is 6.63. The van der Waals surface area contributed by atoms with E-state index in [1.165, 1.54) is 0 Å². The highest BCUT2D eigenvalue weighted by molar-refractivity contribution is 6.14. The van der Waals surface area contributed by atoms with Crippen LogP contribution in [0, 0.1) is 19.3 Å². The van der Waals surface area contributed by atoms with E-state index in [1.807, 2.05) is 94.0 Å². The van der Waals surface area contributed by atoms with Crippen LogP contribution in [-0.2, 0) is 12.5 Å². The average molecular weight is 450 g/mol. The number of aryl methyl sites for hydroxylation is 2. The van der Waals surface area contributed by atoms with Crippen LogP contribution in [0.5, 0.6) is 0 Å². The Kier molecular flexibility index (Phi) is 5.02. The van der Waals surface area contributed by atoms with Crippen molar-refractivity contribution in [2.75, 3.05) is 0 Å². The molecule has 34 heavy (non-hydrogen) atoms. The van der Waals surface area contributed by atoms with Crippen molar-refractivity contribution >= 4 is 27.6 Å². The number of halogens is 1. The number of fused-ring (bicyclic) bond motifs is 3. The molecule has 0 bridgehead atoms. The molecule has 2 aromatic heterocycles. The predicted octanol–water partition coefficient (Wildman–Crippen LogP) is 8.04. The zero-order valence-corrected chi connectivity index (χ0v) is 20.0. The van der Waals surface area contributed by atoms with Crippen LogP contribution >= 0.6 is 0 Å². The highest BCUT2D eigenvalue weighted by atomic mass is 19.1. The summed E-state index contributed by atoms with van der Waals surface area (Å²) in [5.74, 6) is -0.235. The van der Waals surface area contributed by atoms with Gasteiger partial charge in [0.1, 0.15) is 24.0 Å². The SMILES string of the molecule is [C-]#[N+]c1cc(-c2ccccc2)cc2c1oc1c(-c3cc(F)c(C(C)(C)C)c[n+]3C)c(C)ccc12. The summed E-state index contributed by atoms with van der Waals surface area (Å²) in [6.07, 6.45) is 1.86. The van der Waals surface area contributed by atoms with E-state index in [0.29, 0.717) is 22.4 Å². The van der Waals surface area contributed by atoms with Crippen LogP contribution < -0.4 is 4.57 Å². The van der Waals surface area contributed by atoms with Crippen molar-refractivity contribution < 1.29 is 13.4 Å². The summed E-state index contributed by atoms with van der Waals surface area (Å²) in [6, 6.07) is 19.6. The van der Waals surface area contributed by atoms with Gasteiger partial charge in [-0.05, 0) is 41.2 Å². The molecule has 0 unspecified atom stereocenters. The number of pyridine rings is 1. The molecule has 0 aliphatic rings. The Morgan fingerprint density at radius 2 is 1.65 bits per heavy atom. The van der Waals surface area contributed by atoms with Crippen LogP contribution in [0.4, 0.5) is 10.1 Å². The number of hydrogen-bond donors (Lipinski definition) is 0. The number of furan rings is 1. The Morgan fingerprint density at radius 3 is 2.32 bits per heavy atom. The van der Waals surface area contributed by atoms with Crippen molar-refractivity contribution in [3.05, 3.63) is 95.2 Å².